The molecule has 0 unspecified atom stereocenters. The summed E-state index contributed by atoms with van der Waals surface area (Å²) in [5.74, 6) is -0.644. The molecule has 1 fully saturated rings. The quantitative estimate of drug-likeness (QED) is 0.879. The van der Waals surface area contributed by atoms with E-state index in [-0.39, 0.29) is 28.9 Å². The van der Waals surface area contributed by atoms with Crippen molar-refractivity contribution in [1.29, 1.82) is 0 Å². The van der Waals surface area contributed by atoms with Crippen LogP contribution in [-0.2, 0) is 9.59 Å². The standard InChI is InChI=1S/C12H11ClN2O4S/c13-9-3-7(1-2-8(9)12(18)19)14-10(16)4-15-6-20-5-11(15)17/h1-3H,4-6H2,(H,14,16)(H,18,19). The third-order valence-corrected chi connectivity index (χ3v) is 3.90. The third kappa shape index (κ3) is 3.43. The van der Waals surface area contributed by atoms with Gasteiger partial charge in [0.2, 0.25) is 11.8 Å². The van der Waals surface area contributed by atoms with Gasteiger partial charge in [0.25, 0.3) is 0 Å². The maximum Gasteiger partial charge on any atom is 0.337 e. The van der Waals surface area contributed by atoms with Gasteiger partial charge in [-0.3, -0.25) is 9.59 Å². The highest BCUT2D eigenvalue weighted by atomic mass is 35.5. The van der Waals surface area contributed by atoms with E-state index in [4.69, 9.17) is 16.7 Å². The van der Waals surface area contributed by atoms with E-state index in [0.29, 0.717) is 17.3 Å². The molecule has 1 aromatic rings. The normalized spacial score (nSPS) is 14.4. The van der Waals surface area contributed by atoms with E-state index >= 15 is 0 Å². The molecule has 1 aliphatic rings. The SMILES string of the molecule is O=C(CN1CSCC1=O)Nc1ccc(C(=O)O)c(Cl)c1. The van der Waals surface area contributed by atoms with E-state index < -0.39 is 5.97 Å². The Bertz CT molecular complexity index is 579. The third-order valence-electron chi connectivity index (χ3n) is 2.64. The van der Waals surface area contributed by atoms with Crippen LogP contribution in [0.3, 0.4) is 0 Å². The van der Waals surface area contributed by atoms with Gasteiger partial charge in [0.15, 0.2) is 0 Å². The molecule has 2 rings (SSSR count). The summed E-state index contributed by atoms with van der Waals surface area (Å²) in [4.78, 5) is 35.4. The molecule has 0 saturated carbocycles. The summed E-state index contributed by atoms with van der Waals surface area (Å²) in [5, 5.41) is 11.5. The van der Waals surface area contributed by atoms with Crippen LogP contribution in [0.2, 0.25) is 5.02 Å². The fourth-order valence-corrected chi connectivity index (χ4v) is 2.85. The zero-order valence-corrected chi connectivity index (χ0v) is 11.8. The first-order chi connectivity index (χ1) is 9.47. The van der Waals surface area contributed by atoms with Crippen molar-refractivity contribution in [2.45, 2.75) is 0 Å². The lowest BCUT2D eigenvalue weighted by atomic mass is 10.2. The molecular formula is C12H11ClN2O4S. The van der Waals surface area contributed by atoms with Crippen molar-refractivity contribution in [2.24, 2.45) is 0 Å². The molecule has 0 spiro atoms. The van der Waals surface area contributed by atoms with Gasteiger partial charge in [0, 0.05) is 5.69 Å². The minimum Gasteiger partial charge on any atom is -0.478 e. The number of nitrogens with one attached hydrogen (secondary N) is 1. The summed E-state index contributed by atoms with van der Waals surface area (Å²) in [6.07, 6.45) is 0. The number of carboxylic acid groups (broad SMARTS) is 1. The van der Waals surface area contributed by atoms with Crippen molar-refractivity contribution in [3.63, 3.8) is 0 Å². The number of halogens is 1. The number of nitrogens with zero attached hydrogens (tertiary/aromatic N) is 1. The van der Waals surface area contributed by atoms with E-state index in [1.54, 1.807) is 0 Å². The lowest BCUT2D eigenvalue weighted by molar-refractivity contribution is -0.130. The molecular weight excluding hydrogens is 304 g/mol. The molecule has 0 bridgehead atoms. The second-order valence-electron chi connectivity index (χ2n) is 4.12. The highest BCUT2D eigenvalue weighted by Gasteiger charge is 2.23. The maximum absolute atomic E-state index is 11.8. The zero-order valence-electron chi connectivity index (χ0n) is 10.3. The van der Waals surface area contributed by atoms with Crippen molar-refractivity contribution in [1.82, 2.24) is 4.90 Å². The minimum atomic E-state index is -1.13. The summed E-state index contributed by atoms with van der Waals surface area (Å²) in [7, 11) is 0. The van der Waals surface area contributed by atoms with Crippen LogP contribution in [0.25, 0.3) is 0 Å². The molecule has 0 aromatic heterocycles. The van der Waals surface area contributed by atoms with Gasteiger partial charge < -0.3 is 15.3 Å². The highest BCUT2D eigenvalue weighted by Crippen LogP contribution is 2.21. The topological polar surface area (TPSA) is 86.7 Å². The Balaban J connectivity index is 1.99. The summed E-state index contributed by atoms with van der Waals surface area (Å²) < 4.78 is 0. The number of carbonyl (C=O) groups is 3. The molecule has 0 atom stereocenters. The average molecular weight is 315 g/mol. The molecule has 2 amide bonds. The predicted molar refractivity (Wildman–Crippen MR) is 76.1 cm³/mol. The number of aromatic carboxylic acids is 1. The van der Waals surface area contributed by atoms with E-state index in [2.05, 4.69) is 5.32 Å². The molecule has 2 N–H and O–H groups in total. The van der Waals surface area contributed by atoms with Gasteiger partial charge >= 0.3 is 5.97 Å². The van der Waals surface area contributed by atoms with Gasteiger partial charge in [0.05, 0.1) is 22.2 Å². The first-order valence-corrected chi connectivity index (χ1v) is 7.19. The summed E-state index contributed by atoms with van der Waals surface area (Å²) in [6.45, 7) is -0.0237. The van der Waals surface area contributed by atoms with Crippen LogP contribution in [0, 0.1) is 0 Å². The Morgan fingerprint density at radius 1 is 1.45 bits per heavy atom. The molecule has 0 aliphatic carbocycles. The molecule has 20 heavy (non-hydrogen) atoms. The monoisotopic (exact) mass is 314 g/mol. The highest BCUT2D eigenvalue weighted by molar-refractivity contribution is 8.00. The number of anilines is 1. The number of carboxylic acids is 1. The zero-order chi connectivity index (χ0) is 14.7. The molecule has 1 saturated heterocycles. The number of hydrogen-bond donors (Lipinski definition) is 2. The minimum absolute atomic E-state index is 0.0237. The Kier molecular flexibility index (Phi) is 4.51. The molecule has 6 nitrogen and oxygen atoms in total. The second-order valence-corrected chi connectivity index (χ2v) is 5.48. The largest absolute Gasteiger partial charge is 0.478 e. The first-order valence-electron chi connectivity index (χ1n) is 5.65. The van der Waals surface area contributed by atoms with Crippen LogP contribution >= 0.6 is 23.4 Å². The number of thioether (sulfide) groups is 1. The van der Waals surface area contributed by atoms with Crippen LogP contribution in [0.4, 0.5) is 5.69 Å². The van der Waals surface area contributed by atoms with Crippen molar-refractivity contribution >= 4 is 46.8 Å². The molecule has 106 valence electrons. The number of rotatable bonds is 4. The second kappa shape index (κ2) is 6.15. The Labute approximate surface area is 124 Å². The van der Waals surface area contributed by atoms with Gasteiger partial charge in [0.1, 0.15) is 6.54 Å². The van der Waals surface area contributed by atoms with E-state index in [1.165, 1.54) is 34.9 Å². The fraction of sp³-hybridized carbons (Fsp3) is 0.250. The van der Waals surface area contributed by atoms with Crippen molar-refractivity contribution < 1.29 is 19.5 Å². The number of carbonyl (C=O) groups excluding carboxylic acids is 2. The summed E-state index contributed by atoms with van der Waals surface area (Å²) >= 11 is 7.26. The van der Waals surface area contributed by atoms with E-state index in [0.717, 1.165) is 0 Å². The van der Waals surface area contributed by atoms with Gasteiger partial charge in [-0.05, 0) is 18.2 Å². The van der Waals surface area contributed by atoms with Crippen molar-refractivity contribution in [3.8, 4) is 0 Å². The Hall–Kier alpha value is -1.73. The van der Waals surface area contributed by atoms with Crippen molar-refractivity contribution in [3.05, 3.63) is 28.8 Å². The molecule has 8 heteroatoms. The number of benzene rings is 1. The average Bonchev–Trinajstić information content (AvgIpc) is 2.74. The lowest BCUT2D eigenvalue weighted by Gasteiger charge is -2.14. The summed E-state index contributed by atoms with van der Waals surface area (Å²) in [5.41, 5.74) is 0.361. The molecule has 1 heterocycles. The van der Waals surface area contributed by atoms with Gasteiger partial charge in [-0.1, -0.05) is 11.6 Å². The van der Waals surface area contributed by atoms with Crippen LogP contribution in [0.5, 0.6) is 0 Å². The fourth-order valence-electron chi connectivity index (χ4n) is 1.68. The molecule has 0 radical (unpaired) electrons. The maximum atomic E-state index is 11.8. The van der Waals surface area contributed by atoms with Gasteiger partial charge in [-0.2, -0.15) is 0 Å². The van der Waals surface area contributed by atoms with E-state index in [9.17, 15) is 14.4 Å². The number of amides is 2. The van der Waals surface area contributed by atoms with Gasteiger partial charge in [-0.15, -0.1) is 11.8 Å². The lowest BCUT2D eigenvalue weighted by Crippen LogP contribution is -2.34. The molecule has 1 aliphatic heterocycles. The smallest absolute Gasteiger partial charge is 0.337 e. The van der Waals surface area contributed by atoms with E-state index in [1.807, 2.05) is 0 Å². The van der Waals surface area contributed by atoms with Crippen LogP contribution in [-0.4, -0.2) is 46.0 Å². The molecule has 1 aromatic carbocycles. The van der Waals surface area contributed by atoms with Gasteiger partial charge in [-0.25, -0.2) is 4.79 Å². The number of hydrogen-bond acceptors (Lipinski definition) is 4. The Morgan fingerprint density at radius 2 is 2.20 bits per heavy atom. The Morgan fingerprint density at radius 3 is 2.75 bits per heavy atom. The van der Waals surface area contributed by atoms with Crippen LogP contribution < -0.4 is 5.32 Å². The van der Waals surface area contributed by atoms with Crippen LogP contribution in [0.1, 0.15) is 10.4 Å². The predicted octanol–water partition coefficient (Wildman–Crippen LogP) is 1.51. The van der Waals surface area contributed by atoms with Crippen molar-refractivity contribution in [2.75, 3.05) is 23.5 Å². The summed E-state index contributed by atoms with van der Waals surface area (Å²) in [6, 6.07) is 4.13. The van der Waals surface area contributed by atoms with Crippen LogP contribution in [0.15, 0.2) is 18.2 Å². The first kappa shape index (κ1) is 14.7.